The second kappa shape index (κ2) is 8.45. The first-order valence-electron chi connectivity index (χ1n) is 8.90. The number of carbonyl (C=O) groups is 1. The first-order chi connectivity index (χ1) is 14.5. The van der Waals surface area contributed by atoms with Crippen molar-refractivity contribution >= 4 is 27.7 Å². The molecule has 0 saturated heterocycles. The second-order valence-electron chi connectivity index (χ2n) is 6.70. The zero-order chi connectivity index (χ0) is 22.8. The van der Waals surface area contributed by atoms with Crippen LogP contribution in [-0.4, -0.2) is 34.7 Å². The second-order valence-corrected chi connectivity index (χ2v) is 8.23. The molecule has 0 radical (unpaired) electrons. The van der Waals surface area contributed by atoms with Crippen LogP contribution in [0.5, 0.6) is 5.75 Å². The normalized spacial score (nSPS) is 14.9. The van der Waals surface area contributed by atoms with Crippen LogP contribution in [0.3, 0.4) is 0 Å². The van der Waals surface area contributed by atoms with Crippen molar-refractivity contribution in [3.8, 4) is 5.75 Å². The van der Waals surface area contributed by atoms with Gasteiger partial charge in [0.15, 0.2) is 5.75 Å². The lowest BCUT2D eigenvalue weighted by molar-refractivity contribution is -0.384. The fraction of sp³-hybridized carbons (Fsp3) is 0.353. The molecule has 1 aromatic heterocycles. The van der Waals surface area contributed by atoms with Crippen molar-refractivity contribution in [2.75, 3.05) is 5.32 Å². The summed E-state index contributed by atoms with van der Waals surface area (Å²) in [7, 11) is -6.11. The van der Waals surface area contributed by atoms with E-state index in [2.05, 4.69) is 19.5 Å². The lowest BCUT2D eigenvalue weighted by Crippen LogP contribution is -2.29. The quantitative estimate of drug-likeness (QED) is 0.299. The number of alkyl halides is 3. The van der Waals surface area contributed by atoms with Crippen LogP contribution in [-0.2, 0) is 10.1 Å². The average molecular weight is 460 g/mol. The lowest BCUT2D eigenvalue weighted by atomic mass is 10.0. The molecule has 1 aliphatic rings. The number of nitrogens with one attached hydrogen (secondary N) is 1. The van der Waals surface area contributed by atoms with Gasteiger partial charge in [-0.1, -0.05) is 12.8 Å². The molecule has 3 rings (SSSR count). The highest BCUT2D eigenvalue weighted by atomic mass is 32.2. The third kappa shape index (κ3) is 5.07. The molecular formula is C17H15F3N4O6S. The molecule has 0 spiro atoms. The number of hydrogen-bond acceptors (Lipinski definition) is 8. The summed E-state index contributed by atoms with van der Waals surface area (Å²) in [5.41, 5.74) is -6.38. The van der Waals surface area contributed by atoms with Crippen LogP contribution < -0.4 is 9.50 Å². The van der Waals surface area contributed by atoms with Gasteiger partial charge in [0.2, 0.25) is 5.95 Å². The van der Waals surface area contributed by atoms with Crippen molar-refractivity contribution in [2.24, 2.45) is 0 Å². The number of amides is 1. The maximum absolute atomic E-state index is 12.6. The molecule has 1 heterocycles. The van der Waals surface area contributed by atoms with Crippen LogP contribution in [0.15, 0.2) is 30.6 Å². The summed E-state index contributed by atoms with van der Waals surface area (Å²) in [4.78, 5) is 30.5. The largest absolute Gasteiger partial charge is 0.534 e. The van der Waals surface area contributed by atoms with Crippen LogP contribution in [0, 0.1) is 10.1 Å². The minimum atomic E-state index is -6.11. The van der Waals surface area contributed by atoms with Crippen LogP contribution in [0.2, 0.25) is 0 Å². The van der Waals surface area contributed by atoms with Gasteiger partial charge in [-0.3, -0.25) is 20.2 Å². The number of nitrogens with zero attached hydrogens (tertiary/aromatic N) is 3. The monoisotopic (exact) mass is 460 g/mol. The molecule has 0 bridgehead atoms. The maximum Gasteiger partial charge on any atom is 0.534 e. The molecule has 10 nitrogen and oxygen atoms in total. The zero-order valence-electron chi connectivity index (χ0n) is 15.6. The van der Waals surface area contributed by atoms with Crippen molar-refractivity contribution in [1.82, 2.24) is 9.97 Å². The minimum Gasteiger partial charge on any atom is -0.375 e. The van der Waals surface area contributed by atoms with Crippen LogP contribution in [0.4, 0.5) is 24.8 Å². The van der Waals surface area contributed by atoms with Crippen LogP contribution >= 0.6 is 0 Å². The van der Waals surface area contributed by atoms with Crippen LogP contribution in [0.1, 0.15) is 47.5 Å². The van der Waals surface area contributed by atoms with Gasteiger partial charge in [-0.25, -0.2) is 9.97 Å². The van der Waals surface area contributed by atoms with Gasteiger partial charge < -0.3 is 4.18 Å². The summed E-state index contributed by atoms with van der Waals surface area (Å²) in [5.74, 6) is -2.15. The Bertz CT molecular complexity index is 1100. The Morgan fingerprint density at radius 3 is 2.35 bits per heavy atom. The van der Waals surface area contributed by atoms with Gasteiger partial charge >= 0.3 is 15.6 Å². The number of non-ortho nitro benzene ring substituents is 1. The van der Waals surface area contributed by atoms with Crippen LogP contribution in [0.25, 0.3) is 0 Å². The predicted octanol–water partition coefficient (Wildman–Crippen LogP) is 3.52. The molecule has 1 saturated carbocycles. The average Bonchev–Trinajstić information content (AvgIpc) is 3.22. The topological polar surface area (TPSA) is 141 Å². The molecule has 1 N–H and O–H groups in total. The Labute approximate surface area is 173 Å². The summed E-state index contributed by atoms with van der Waals surface area (Å²) in [6.45, 7) is 0. The third-order valence-corrected chi connectivity index (χ3v) is 5.59. The van der Waals surface area contributed by atoms with Gasteiger partial charge in [-0.05, 0) is 30.4 Å². The fourth-order valence-corrected chi connectivity index (χ4v) is 3.56. The van der Waals surface area contributed by atoms with Gasteiger partial charge in [0.25, 0.3) is 11.6 Å². The summed E-state index contributed by atoms with van der Waals surface area (Å²) >= 11 is 0. The van der Waals surface area contributed by atoms with E-state index in [0.717, 1.165) is 31.2 Å². The first kappa shape index (κ1) is 22.4. The van der Waals surface area contributed by atoms with E-state index < -0.39 is 43.5 Å². The highest BCUT2D eigenvalue weighted by molar-refractivity contribution is 7.88. The molecular weight excluding hydrogens is 445 g/mol. The minimum absolute atomic E-state index is 0.220. The summed E-state index contributed by atoms with van der Waals surface area (Å²) < 4.78 is 64.5. The van der Waals surface area contributed by atoms with Gasteiger partial charge in [0, 0.05) is 24.5 Å². The number of aromatic nitrogens is 2. The number of hydrogen-bond donors (Lipinski definition) is 1. The van der Waals surface area contributed by atoms with E-state index in [1.807, 2.05) is 0 Å². The van der Waals surface area contributed by atoms with E-state index in [-0.39, 0.29) is 5.95 Å². The van der Waals surface area contributed by atoms with Crippen molar-refractivity contribution in [1.29, 1.82) is 0 Å². The molecule has 14 heteroatoms. The molecule has 1 amide bonds. The third-order valence-electron chi connectivity index (χ3n) is 4.63. The van der Waals surface area contributed by atoms with E-state index in [0.29, 0.717) is 24.1 Å². The highest BCUT2D eigenvalue weighted by Gasteiger charge is 2.49. The van der Waals surface area contributed by atoms with E-state index in [4.69, 9.17) is 0 Å². The molecule has 0 unspecified atom stereocenters. The number of benzene rings is 1. The molecule has 0 aliphatic heterocycles. The number of nitro benzene ring substituents is 1. The molecule has 1 aliphatic carbocycles. The maximum atomic E-state index is 12.6. The predicted molar refractivity (Wildman–Crippen MR) is 99.9 cm³/mol. The number of nitro groups is 1. The summed E-state index contributed by atoms with van der Waals surface area (Å²) in [6.07, 6.45) is 7.13. The molecule has 0 atom stereocenters. The van der Waals surface area contributed by atoms with E-state index in [1.54, 1.807) is 0 Å². The Morgan fingerprint density at radius 1 is 1.19 bits per heavy atom. The molecule has 31 heavy (non-hydrogen) atoms. The number of rotatable bonds is 6. The Morgan fingerprint density at radius 2 is 1.81 bits per heavy atom. The van der Waals surface area contributed by atoms with Crippen molar-refractivity contribution in [3.63, 3.8) is 0 Å². The lowest BCUT2D eigenvalue weighted by Gasteiger charge is -2.13. The van der Waals surface area contributed by atoms with E-state index in [9.17, 15) is 36.5 Å². The van der Waals surface area contributed by atoms with E-state index >= 15 is 0 Å². The molecule has 166 valence electrons. The SMILES string of the molecule is O=C(Nc1ncc(C2CCCC2)cn1)c1cc([N+](=O)[O-])ccc1OS(=O)(=O)C(F)(F)F. The Hall–Kier alpha value is -3.29. The number of anilines is 1. The highest BCUT2D eigenvalue weighted by Crippen LogP contribution is 2.34. The first-order valence-corrected chi connectivity index (χ1v) is 10.3. The Kier molecular flexibility index (Phi) is 6.10. The fourth-order valence-electron chi connectivity index (χ4n) is 3.09. The summed E-state index contributed by atoms with van der Waals surface area (Å²) in [6, 6.07) is 1.87. The summed E-state index contributed by atoms with van der Waals surface area (Å²) in [5, 5.41) is 13.1. The zero-order valence-corrected chi connectivity index (χ0v) is 16.4. The number of carbonyl (C=O) groups excluding carboxylic acids is 1. The van der Waals surface area contributed by atoms with Crippen molar-refractivity contribution in [2.45, 2.75) is 37.1 Å². The van der Waals surface area contributed by atoms with Gasteiger partial charge in [-0.15, -0.1) is 0 Å². The Balaban J connectivity index is 1.87. The standard InChI is InChI=1S/C17H15F3N4O6S/c18-17(19,20)31(28,29)30-14-6-5-12(24(26)27)7-13(14)15(25)23-16-21-8-11(9-22-16)10-3-1-2-4-10/h5-10H,1-4H2,(H,21,22,23,25). The molecule has 1 aromatic carbocycles. The molecule has 2 aromatic rings. The van der Waals surface area contributed by atoms with Gasteiger partial charge in [0.05, 0.1) is 10.5 Å². The van der Waals surface area contributed by atoms with E-state index in [1.165, 1.54) is 12.4 Å². The van der Waals surface area contributed by atoms with Gasteiger partial charge in [0.1, 0.15) is 0 Å². The smallest absolute Gasteiger partial charge is 0.375 e. The van der Waals surface area contributed by atoms with Gasteiger partial charge in [-0.2, -0.15) is 21.6 Å². The number of halogens is 3. The molecule has 1 fully saturated rings. The van der Waals surface area contributed by atoms with Crippen molar-refractivity contribution in [3.05, 3.63) is 51.8 Å². The van der Waals surface area contributed by atoms with Crippen molar-refractivity contribution < 1.29 is 35.5 Å².